The number of halogens is 2. The summed E-state index contributed by atoms with van der Waals surface area (Å²) < 4.78 is 13.2. The van der Waals surface area contributed by atoms with E-state index in [4.69, 9.17) is 11.6 Å². The summed E-state index contributed by atoms with van der Waals surface area (Å²) in [4.78, 5) is 15.8. The standard InChI is InChI=1S/C19H21ClFN3O2/c1-13(19(26)22-14-6-7-16(21)15(20)12-14)23-8-10-24(11-9-23)17-4-2-3-5-18(17)25/h2-7,12-13,25H,8-11H2,1H3,(H,22,26)/p+1/t13-/m0/s1. The van der Waals surface area contributed by atoms with Gasteiger partial charge in [-0.1, -0.05) is 23.7 Å². The molecule has 5 nitrogen and oxygen atoms in total. The van der Waals surface area contributed by atoms with E-state index in [9.17, 15) is 14.3 Å². The van der Waals surface area contributed by atoms with Gasteiger partial charge in [0.1, 0.15) is 11.6 Å². The highest BCUT2D eigenvalue weighted by atomic mass is 35.5. The molecule has 0 spiro atoms. The number of quaternary nitrogens is 1. The first-order chi connectivity index (χ1) is 12.5. The number of para-hydroxylation sites is 2. The molecule has 3 N–H and O–H groups in total. The molecule has 1 fully saturated rings. The Hall–Kier alpha value is -2.31. The molecule has 3 rings (SSSR count). The molecule has 138 valence electrons. The lowest BCUT2D eigenvalue weighted by Crippen LogP contribution is -3.19. The Balaban J connectivity index is 1.57. The second-order valence-electron chi connectivity index (χ2n) is 6.47. The van der Waals surface area contributed by atoms with E-state index in [0.29, 0.717) is 5.69 Å². The average Bonchev–Trinajstić information content (AvgIpc) is 2.65. The van der Waals surface area contributed by atoms with E-state index < -0.39 is 5.82 Å². The number of carbonyl (C=O) groups excluding carboxylic acids is 1. The highest BCUT2D eigenvalue weighted by Gasteiger charge is 2.30. The number of piperazine rings is 1. The van der Waals surface area contributed by atoms with Gasteiger partial charge in [-0.25, -0.2) is 4.39 Å². The zero-order valence-electron chi connectivity index (χ0n) is 14.5. The number of benzene rings is 2. The molecule has 7 heteroatoms. The van der Waals surface area contributed by atoms with Crippen LogP contribution in [0.4, 0.5) is 15.8 Å². The summed E-state index contributed by atoms with van der Waals surface area (Å²) in [6.45, 7) is 4.96. The van der Waals surface area contributed by atoms with Crippen LogP contribution in [-0.4, -0.2) is 43.2 Å². The van der Waals surface area contributed by atoms with Crippen LogP contribution < -0.4 is 15.1 Å². The zero-order valence-corrected chi connectivity index (χ0v) is 15.3. The van der Waals surface area contributed by atoms with Crippen LogP contribution in [0.1, 0.15) is 6.92 Å². The van der Waals surface area contributed by atoms with Crippen LogP contribution in [0.5, 0.6) is 5.75 Å². The zero-order chi connectivity index (χ0) is 18.7. The number of hydrogen-bond donors (Lipinski definition) is 3. The van der Waals surface area contributed by atoms with Crippen molar-refractivity contribution in [2.45, 2.75) is 13.0 Å². The Morgan fingerprint density at radius 1 is 1.27 bits per heavy atom. The van der Waals surface area contributed by atoms with Crippen LogP contribution in [0.2, 0.25) is 5.02 Å². The summed E-state index contributed by atoms with van der Waals surface area (Å²) in [5.41, 5.74) is 1.31. The molecule has 0 aliphatic carbocycles. The number of phenolic OH excluding ortho intramolecular Hbond substituents is 1. The maximum atomic E-state index is 13.2. The molecular weight excluding hydrogens is 357 g/mol. The lowest BCUT2D eigenvalue weighted by Gasteiger charge is -2.36. The number of nitrogens with zero attached hydrogens (tertiary/aromatic N) is 1. The monoisotopic (exact) mass is 378 g/mol. The third kappa shape index (κ3) is 4.08. The Labute approximate surface area is 157 Å². The van der Waals surface area contributed by atoms with Gasteiger partial charge in [-0.2, -0.15) is 0 Å². The summed E-state index contributed by atoms with van der Waals surface area (Å²) in [6.07, 6.45) is 0. The molecule has 0 aromatic heterocycles. The summed E-state index contributed by atoms with van der Waals surface area (Å²) in [5.74, 6) is -0.364. The molecule has 2 aromatic carbocycles. The molecule has 1 aliphatic rings. The second kappa shape index (κ2) is 7.93. The molecule has 0 saturated carbocycles. The van der Waals surface area contributed by atoms with E-state index in [0.717, 1.165) is 31.9 Å². The molecule has 1 atom stereocenters. The molecule has 26 heavy (non-hydrogen) atoms. The van der Waals surface area contributed by atoms with Crippen molar-refractivity contribution >= 4 is 28.9 Å². The van der Waals surface area contributed by atoms with Crippen molar-refractivity contribution in [3.8, 4) is 5.75 Å². The van der Waals surface area contributed by atoms with E-state index in [-0.39, 0.29) is 22.7 Å². The molecule has 0 unspecified atom stereocenters. The Morgan fingerprint density at radius 2 is 1.96 bits per heavy atom. The first kappa shape index (κ1) is 18.5. The molecule has 2 aromatic rings. The third-order valence-electron chi connectivity index (χ3n) is 4.82. The van der Waals surface area contributed by atoms with Crippen LogP contribution in [0.25, 0.3) is 0 Å². The molecule has 1 saturated heterocycles. The number of aromatic hydroxyl groups is 1. The van der Waals surface area contributed by atoms with Crippen LogP contribution in [-0.2, 0) is 4.79 Å². The smallest absolute Gasteiger partial charge is 0.282 e. The summed E-state index contributed by atoms with van der Waals surface area (Å²) >= 11 is 5.76. The van der Waals surface area contributed by atoms with Gasteiger partial charge in [0.15, 0.2) is 6.04 Å². The van der Waals surface area contributed by atoms with E-state index in [2.05, 4.69) is 10.2 Å². The topological polar surface area (TPSA) is 57.0 Å². The van der Waals surface area contributed by atoms with Crippen molar-refractivity contribution in [2.24, 2.45) is 0 Å². The SMILES string of the molecule is C[C@@H](C(=O)Nc1ccc(F)c(Cl)c1)[NH+]1CCN(c2ccccc2O)CC1. The minimum atomic E-state index is -0.511. The van der Waals surface area contributed by atoms with Crippen molar-refractivity contribution in [1.82, 2.24) is 0 Å². The fourth-order valence-corrected chi connectivity index (χ4v) is 3.39. The van der Waals surface area contributed by atoms with Crippen LogP contribution in [0.3, 0.4) is 0 Å². The summed E-state index contributed by atoms with van der Waals surface area (Å²) in [6, 6.07) is 11.2. The normalized spacial score (nSPS) is 16.3. The van der Waals surface area contributed by atoms with Crippen molar-refractivity contribution in [1.29, 1.82) is 0 Å². The predicted molar refractivity (Wildman–Crippen MR) is 101 cm³/mol. The van der Waals surface area contributed by atoms with Crippen LogP contribution in [0, 0.1) is 5.82 Å². The lowest BCUT2D eigenvalue weighted by molar-refractivity contribution is -0.914. The molecule has 0 bridgehead atoms. The van der Waals surface area contributed by atoms with Crippen molar-refractivity contribution in [3.63, 3.8) is 0 Å². The Morgan fingerprint density at radius 3 is 2.62 bits per heavy atom. The van der Waals surface area contributed by atoms with E-state index >= 15 is 0 Å². The molecule has 1 aliphatic heterocycles. The lowest BCUT2D eigenvalue weighted by atomic mass is 10.2. The fraction of sp³-hybridized carbons (Fsp3) is 0.316. The first-order valence-corrected chi connectivity index (χ1v) is 8.97. The predicted octanol–water partition coefficient (Wildman–Crippen LogP) is 1.92. The average molecular weight is 379 g/mol. The van der Waals surface area contributed by atoms with E-state index in [1.807, 2.05) is 19.1 Å². The molecule has 1 amide bonds. The van der Waals surface area contributed by atoms with Crippen LogP contribution in [0.15, 0.2) is 42.5 Å². The number of carbonyl (C=O) groups is 1. The van der Waals surface area contributed by atoms with Gasteiger partial charge in [-0.15, -0.1) is 0 Å². The van der Waals surface area contributed by atoms with Gasteiger partial charge in [-0.05, 0) is 37.3 Å². The van der Waals surface area contributed by atoms with Gasteiger partial charge in [0.25, 0.3) is 5.91 Å². The van der Waals surface area contributed by atoms with Gasteiger partial charge in [0.2, 0.25) is 0 Å². The molecule has 1 heterocycles. The molecular formula is C19H22ClFN3O2+. The second-order valence-corrected chi connectivity index (χ2v) is 6.88. The van der Waals surface area contributed by atoms with Gasteiger partial charge < -0.3 is 20.2 Å². The maximum Gasteiger partial charge on any atom is 0.282 e. The van der Waals surface area contributed by atoms with E-state index in [1.54, 1.807) is 12.1 Å². The number of hydrogen-bond acceptors (Lipinski definition) is 3. The van der Waals surface area contributed by atoms with Gasteiger partial charge in [-0.3, -0.25) is 4.79 Å². The van der Waals surface area contributed by atoms with Gasteiger partial charge in [0.05, 0.1) is 36.9 Å². The quantitative estimate of drug-likeness (QED) is 0.762. The minimum Gasteiger partial charge on any atom is -0.506 e. The fourth-order valence-electron chi connectivity index (χ4n) is 3.21. The summed E-state index contributed by atoms with van der Waals surface area (Å²) in [7, 11) is 0. The molecule has 0 radical (unpaired) electrons. The highest BCUT2D eigenvalue weighted by molar-refractivity contribution is 6.31. The van der Waals surface area contributed by atoms with Crippen LogP contribution >= 0.6 is 11.6 Å². The Bertz CT molecular complexity index is 794. The first-order valence-electron chi connectivity index (χ1n) is 8.59. The van der Waals surface area contributed by atoms with Crippen molar-refractivity contribution in [2.75, 3.05) is 36.4 Å². The third-order valence-corrected chi connectivity index (χ3v) is 5.11. The maximum absolute atomic E-state index is 13.2. The number of nitrogens with one attached hydrogen (secondary N) is 2. The number of phenols is 1. The summed E-state index contributed by atoms with van der Waals surface area (Å²) in [5, 5.41) is 12.8. The minimum absolute atomic E-state index is 0.0147. The highest BCUT2D eigenvalue weighted by Crippen LogP contribution is 2.26. The van der Waals surface area contributed by atoms with Crippen molar-refractivity contribution in [3.05, 3.63) is 53.3 Å². The Kier molecular flexibility index (Phi) is 5.64. The van der Waals surface area contributed by atoms with Crippen molar-refractivity contribution < 1.29 is 19.2 Å². The number of rotatable bonds is 4. The van der Waals surface area contributed by atoms with Gasteiger partial charge >= 0.3 is 0 Å². The number of anilines is 2. The van der Waals surface area contributed by atoms with E-state index in [1.165, 1.54) is 23.1 Å². The van der Waals surface area contributed by atoms with Gasteiger partial charge in [0, 0.05) is 5.69 Å². The largest absolute Gasteiger partial charge is 0.506 e. The number of amides is 1.